The van der Waals surface area contributed by atoms with E-state index in [1.807, 2.05) is 73.6 Å². The summed E-state index contributed by atoms with van der Waals surface area (Å²) in [6.07, 6.45) is 11.3. The van der Waals surface area contributed by atoms with Crippen molar-refractivity contribution in [2.24, 2.45) is 0 Å². The molecule has 0 bridgehead atoms. The van der Waals surface area contributed by atoms with Crippen molar-refractivity contribution in [2.45, 2.75) is 0 Å². The summed E-state index contributed by atoms with van der Waals surface area (Å²) >= 11 is 0. The van der Waals surface area contributed by atoms with Gasteiger partial charge in [0.05, 0.1) is 33.1 Å². The number of nitrogens with zero attached hydrogens (tertiary/aromatic N) is 6. The molecule has 0 aliphatic carbocycles. The predicted octanol–water partition coefficient (Wildman–Crippen LogP) is 13.6. The summed E-state index contributed by atoms with van der Waals surface area (Å²) in [5.74, 6) is 0. The topological polar surface area (TPSA) is 170 Å². The van der Waals surface area contributed by atoms with E-state index < -0.39 is 10.2 Å². The molecule has 1 radical (unpaired) electrons. The van der Waals surface area contributed by atoms with Crippen molar-refractivity contribution in [3.63, 3.8) is 0 Å². The fourth-order valence-corrected chi connectivity index (χ4v) is 10.7. The van der Waals surface area contributed by atoms with E-state index in [2.05, 4.69) is 248 Å². The zero-order valence-electron chi connectivity index (χ0n) is 44.8. The number of benzene rings is 9. The number of rotatable bonds is 6. The van der Waals surface area contributed by atoms with Crippen molar-refractivity contribution in [3.05, 3.63) is 292 Å². The van der Waals surface area contributed by atoms with Gasteiger partial charge in [0, 0.05) is 69.5 Å². The normalized spacial score (nSPS) is 11.0. The SMILES string of the molecule is [O-][Cl+3]([O-])([O-])[O-].[Ru+].c1ccc(-c2ccnc3c2ccc2c(-c4ccccc4)ccnc23)cc1.c1ccc(-c2ccnc3c2ccc2c(-c4ccccc4)ccnc23)cc1.c1ccc(-c2ccnc3c2ccc2c(-c4ccccc4)ccnc23)cc1. The van der Waals surface area contributed by atoms with Gasteiger partial charge in [0.15, 0.2) is 0 Å². The summed E-state index contributed by atoms with van der Waals surface area (Å²) in [4.78, 5) is 28.0. The van der Waals surface area contributed by atoms with Gasteiger partial charge in [-0.05, 0) is 103 Å². The van der Waals surface area contributed by atoms with Crippen LogP contribution < -0.4 is 18.6 Å². The molecule has 10 nitrogen and oxygen atoms in total. The van der Waals surface area contributed by atoms with E-state index in [4.69, 9.17) is 18.6 Å². The molecule has 0 unspecified atom stereocenters. The molecule has 0 N–H and O–H groups in total. The average molecular weight is 1200 g/mol. The first-order valence-corrected chi connectivity index (χ1v) is 27.9. The molecule has 15 rings (SSSR count). The summed E-state index contributed by atoms with van der Waals surface area (Å²) in [6, 6.07) is 88.0. The first-order chi connectivity index (χ1) is 40.7. The molecule has 0 fully saturated rings. The third-order valence-electron chi connectivity index (χ3n) is 14.4. The van der Waals surface area contributed by atoms with Crippen molar-refractivity contribution >= 4 is 65.4 Å². The zero-order chi connectivity index (χ0) is 56.5. The van der Waals surface area contributed by atoms with Gasteiger partial charge in [-0.3, -0.25) is 29.9 Å². The molecule has 0 saturated carbocycles. The maximum atomic E-state index is 8.49. The Kier molecular flexibility index (Phi) is 17.1. The third kappa shape index (κ3) is 12.2. The van der Waals surface area contributed by atoms with Crippen LogP contribution in [0.15, 0.2) is 292 Å². The summed E-state index contributed by atoms with van der Waals surface area (Å²) in [5, 5.41) is 6.77. The average Bonchev–Trinajstić information content (AvgIpc) is 2.32. The van der Waals surface area contributed by atoms with Crippen molar-refractivity contribution in [1.82, 2.24) is 29.9 Å². The van der Waals surface area contributed by atoms with Crippen LogP contribution in [0.5, 0.6) is 0 Å². The molecule has 6 heterocycles. The van der Waals surface area contributed by atoms with Crippen LogP contribution in [0.3, 0.4) is 0 Å². The van der Waals surface area contributed by atoms with E-state index in [1.54, 1.807) is 0 Å². The van der Waals surface area contributed by atoms with E-state index in [0.29, 0.717) is 0 Å². The fraction of sp³-hybridized carbons (Fsp3) is 0. The molecule has 405 valence electrons. The molecule has 0 aliphatic rings. The molecule has 0 saturated heterocycles. The molecule has 9 aromatic carbocycles. The second-order valence-electron chi connectivity index (χ2n) is 19.3. The predicted molar refractivity (Wildman–Crippen MR) is 324 cm³/mol. The zero-order valence-corrected chi connectivity index (χ0v) is 47.3. The number of halogens is 1. The van der Waals surface area contributed by atoms with E-state index in [1.165, 1.54) is 66.8 Å². The van der Waals surface area contributed by atoms with Gasteiger partial charge in [-0.2, -0.15) is 0 Å². The molecule has 0 spiro atoms. The summed E-state index contributed by atoms with van der Waals surface area (Å²) in [6.45, 7) is 0. The number of aromatic nitrogens is 6. The minimum Gasteiger partial charge on any atom is -0.254 e. The number of fused-ring (bicyclic) bond motifs is 9. The van der Waals surface area contributed by atoms with Gasteiger partial charge in [-0.25, -0.2) is 18.6 Å². The first-order valence-electron chi connectivity index (χ1n) is 26.7. The monoisotopic (exact) mass is 1200 g/mol. The Hall–Kier alpha value is -9.81. The van der Waals surface area contributed by atoms with Crippen LogP contribution in [0.25, 0.3) is 132 Å². The minimum absolute atomic E-state index is 0. The van der Waals surface area contributed by atoms with Gasteiger partial charge in [0.2, 0.25) is 0 Å². The molecule has 15 aromatic rings. The summed E-state index contributed by atoms with van der Waals surface area (Å²) in [5.41, 5.74) is 19.9. The maximum Gasteiger partial charge on any atom is 1.00 e. The van der Waals surface area contributed by atoms with Crippen LogP contribution in [0.1, 0.15) is 0 Å². The second-order valence-corrected chi connectivity index (χ2v) is 20.1. The van der Waals surface area contributed by atoms with Crippen LogP contribution in [-0.2, 0) is 19.5 Å². The van der Waals surface area contributed by atoms with Crippen LogP contribution in [0, 0.1) is 10.2 Å². The van der Waals surface area contributed by atoms with Gasteiger partial charge >= 0.3 is 19.5 Å². The minimum atomic E-state index is -4.94. The molecule has 6 aromatic heterocycles. The molecular weight excluding hydrogens is 1150 g/mol. The Morgan fingerprint density at radius 1 is 0.190 bits per heavy atom. The molecular formula is C72H48ClN6O4Ru. The maximum absolute atomic E-state index is 8.49. The van der Waals surface area contributed by atoms with E-state index >= 15 is 0 Å². The van der Waals surface area contributed by atoms with Gasteiger partial charge in [-0.1, -0.05) is 218 Å². The number of pyridine rings is 6. The smallest absolute Gasteiger partial charge is 0.254 e. The Morgan fingerprint density at radius 3 is 0.452 bits per heavy atom. The van der Waals surface area contributed by atoms with E-state index in [-0.39, 0.29) is 19.5 Å². The third-order valence-corrected chi connectivity index (χ3v) is 14.4. The number of hydrogen-bond donors (Lipinski definition) is 0. The van der Waals surface area contributed by atoms with Crippen LogP contribution in [0.4, 0.5) is 0 Å². The van der Waals surface area contributed by atoms with Crippen LogP contribution in [0.2, 0.25) is 0 Å². The molecule has 0 aliphatic heterocycles. The largest absolute Gasteiger partial charge is 1.00 e. The Labute approximate surface area is 499 Å². The van der Waals surface area contributed by atoms with Gasteiger partial charge in [0.1, 0.15) is 0 Å². The quantitative estimate of drug-likeness (QED) is 0.115. The first kappa shape index (κ1) is 56.1. The van der Waals surface area contributed by atoms with Gasteiger partial charge < -0.3 is 0 Å². The molecule has 12 heteroatoms. The molecule has 0 amide bonds. The summed E-state index contributed by atoms with van der Waals surface area (Å²) in [7, 11) is -4.94. The molecule has 0 atom stereocenters. The Morgan fingerprint density at radius 2 is 0.321 bits per heavy atom. The fourth-order valence-electron chi connectivity index (χ4n) is 10.7. The van der Waals surface area contributed by atoms with Crippen molar-refractivity contribution in [3.8, 4) is 66.8 Å². The van der Waals surface area contributed by atoms with Crippen LogP contribution >= 0.6 is 0 Å². The summed E-state index contributed by atoms with van der Waals surface area (Å²) < 4.78 is 34.0. The Bertz CT molecular complexity index is 3950. The van der Waals surface area contributed by atoms with Crippen molar-refractivity contribution < 1.29 is 48.4 Å². The van der Waals surface area contributed by atoms with Crippen molar-refractivity contribution in [1.29, 1.82) is 0 Å². The van der Waals surface area contributed by atoms with Gasteiger partial charge in [-0.15, -0.1) is 10.2 Å². The second kappa shape index (κ2) is 25.5. The standard InChI is InChI=1S/3C24H16N2.ClHO4.Ru/c3*1-3-7-17(8-4-1)19-13-15-25-23-21(19)11-12-22-20(14-16-26-24(22)23)18-9-5-2-6-10-18;2-1(3,4)5;/h3*1-16H;(H,2,3,4,5);/q;;;;+1/p-1. The van der Waals surface area contributed by atoms with E-state index in [9.17, 15) is 0 Å². The van der Waals surface area contributed by atoms with Crippen LogP contribution in [-0.4, -0.2) is 29.9 Å². The number of hydrogen-bond acceptors (Lipinski definition) is 10. The Balaban J connectivity index is 0.000000126. The van der Waals surface area contributed by atoms with Gasteiger partial charge in [0.25, 0.3) is 0 Å². The van der Waals surface area contributed by atoms with E-state index in [0.717, 1.165) is 65.4 Å². The molecule has 84 heavy (non-hydrogen) atoms. The van der Waals surface area contributed by atoms with Crippen molar-refractivity contribution in [2.75, 3.05) is 0 Å².